The predicted octanol–water partition coefficient (Wildman–Crippen LogP) is -1.41. The molecule has 0 aromatic carbocycles. The largest absolute Gasteiger partial charge is 0.481 e. The highest BCUT2D eigenvalue weighted by Crippen LogP contribution is 1.94. The van der Waals surface area contributed by atoms with Gasteiger partial charge < -0.3 is 16.2 Å². The van der Waals surface area contributed by atoms with Gasteiger partial charge in [-0.3, -0.25) is 14.3 Å². The third-order valence-electron chi connectivity index (χ3n) is 2.12. The summed E-state index contributed by atoms with van der Waals surface area (Å²) >= 11 is 0. The lowest BCUT2D eigenvalue weighted by Gasteiger charge is -2.10. The number of nitrogens with two attached hydrogens (primary N) is 1. The summed E-state index contributed by atoms with van der Waals surface area (Å²) in [4.78, 5) is 21.7. The van der Waals surface area contributed by atoms with Gasteiger partial charge in [-0.2, -0.15) is 0 Å². The molecule has 1 amide bonds. The van der Waals surface area contributed by atoms with Gasteiger partial charge in [-0.05, 0) is 6.42 Å². The van der Waals surface area contributed by atoms with Crippen LogP contribution in [0.1, 0.15) is 12.8 Å². The molecule has 1 atom stereocenters. The second-order valence-corrected chi connectivity index (χ2v) is 3.50. The van der Waals surface area contributed by atoms with Gasteiger partial charge in [0.05, 0.1) is 18.8 Å². The number of amides is 1. The molecule has 4 N–H and O–H groups in total. The van der Waals surface area contributed by atoms with E-state index in [1.165, 1.54) is 0 Å². The maximum absolute atomic E-state index is 11.4. The number of hydrogen-bond donors (Lipinski definition) is 3. The topological polar surface area (TPSA) is 123 Å². The summed E-state index contributed by atoms with van der Waals surface area (Å²) in [7, 11) is 0. The Morgan fingerprint density at radius 3 is 2.88 bits per heavy atom. The quantitative estimate of drug-likeness (QED) is 0.538. The molecule has 0 saturated heterocycles. The summed E-state index contributed by atoms with van der Waals surface area (Å²) in [5, 5.41) is 18.4. The second kappa shape index (κ2) is 6.59. The van der Waals surface area contributed by atoms with E-state index in [4.69, 9.17) is 10.8 Å². The molecule has 1 heterocycles. The zero-order valence-electron chi connectivity index (χ0n) is 9.24. The van der Waals surface area contributed by atoms with Crippen molar-refractivity contribution >= 4 is 11.9 Å². The standard InChI is InChI=1S/C9H15N5O3/c10-7(1-2-8(15)16)9(17)11-3-5-14-6-4-12-13-14/h4,6-7H,1-3,5,10H2,(H,11,17)(H,15,16). The first-order chi connectivity index (χ1) is 8.09. The normalized spacial score (nSPS) is 12.1. The summed E-state index contributed by atoms with van der Waals surface area (Å²) in [5.41, 5.74) is 5.51. The van der Waals surface area contributed by atoms with Gasteiger partial charge in [0.2, 0.25) is 5.91 Å². The average molecular weight is 241 g/mol. The zero-order chi connectivity index (χ0) is 12.7. The van der Waals surface area contributed by atoms with Crippen LogP contribution in [0.25, 0.3) is 0 Å². The summed E-state index contributed by atoms with van der Waals surface area (Å²) < 4.78 is 1.57. The zero-order valence-corrected chi connectivity index (χ0v) is 9.24. The van der Waals surface area contributed by atoms with Crippen LogP contribution < -0.4 is 11.1 Å². The Morgan fingerprint density at radius 2 is 2.29 bits per heavy atom. The molecule has 1 unspecified atom stereocenters. The first kappa shape index (κ1) is 13.1. The molecule has 94 valence electrons. The monoisotopic (exact) mass is 241 g/mol. The number of carbonyl (C=O) groups excluding carboxylic acids is 1. The van der Waals surface area contributed by atoms with Crippen molar-refractivity contribution < 1.29 is 14.7 Å². The fraction of sp³-hybridized carbons (Fsp3) is 0.556. The molecule has 0 saturated carbocycles. The summed E-state index contributed by atoms with van der Waals surface area (Å²) in [6.07, 6.45) is 3.24. The van der Waals surface area contributed by atoms with Crippen molar-refractivity contribution in [3.63, 3.8) is 0 Å². The molecular weight excluding hydrogens is 226 g/mol. The Morgan fingerprint density at radius 1 is 1.53 bits per heavy atom. The Hall–Kier alpha value is -1.96. The van der Waals surface area contributed by atoms with E-state index in [-0.39, 0.29) is 18.7 Å². The molecule has 17 heavy (non-hydrogen) atoms. The summed E-state index contributed by atoms with van der Waals surface area (Å²) in [5.74, 6) is -1.32. The number of nitrogens with one attached hydrogen (secondary N) is 1. The van der Waals surface area contributed by atoms with Crippen molar-refractivity contribution in [3.8, 4) is 0 Å². The highest BCUT2D eigenvalue weighted by atomic mass is 16.4. The Balaban J connectivity index is 2.17. The molecule has 0 fully saturated rings. The molecule has 8 nitrogen and oxygen atoms in total. The number of carboxylic acids is 1. The van der Waals surface area contributed by atoms with E-state index in [1.807, 2.05) is 0 Å². The fourth-order valence-electron chi connectivity index (χ4n) is 1.19. The number of aliphatic carboxylic acids is 1. The molecule has 0 bridgehead atoms. The molecule has 1 rings (SSSR count). The van der Waals surface area contributed by atoms with Gasteiger partial charge in [-0.1, -0.05) is 5.21 Å². The van der Waals surface area contributed by atoms with Crippen molar-refractivity contribution in [2.75, 3.05) is 6.54 Å². The van der Waals surface area contributed by atoms with Gasteiger partial charge in [-0.25, -0.2) is 0 Å². The molecule has 1 aromatic rings. The maximum atomic E-state index is 11.4. The third kappa shape index (κ3) is 5.07. The van der Waals surface area contributed by atoms with E-state index in [0.29, 0.717) is 13.1 Å². The SMILES string of the molecule is NC(CCC(=O)O)C(=O)NCCn1ccnn1. The van der Waals surface area contributed by atoms with E-state index in [0.717, 1.165) is 0 Å². The van der Waals surface area contributed by atoms with E-state index in [2.05, 4.69) is 15.6 Å². The van der Waals surface area contributed by atoms with Crippen LogP contribution in [0.15, 0.2) is 12.4 Å². The Labute approximate surface area is 97.8 Å². The summed E-state index contributed by atoms with van der Waals surface area (Å²) in [6.45, 7) is 0.875. The number of carboxylic acid groups (broad SMARTS) is 1. The predicted molar refractivity (Wildman–Crippen MR) is 57.9 cm³/mol. The van der Waals surface area contributed by atoms with E-state index < -0.39 is 12.0 Å². The van der Waals surface area contributed by atoms with Crippen molar-refractivity contribution in [2.24, 2.45) is 5.73 Å². The van der Waals surface area contributed by atoms with Crippen LogP contribution in [0.5, 0.6) is 0 Å². The molecule has 0 aliphatic heterocycles. The number of aromatic nitrogens is 3. The molecular formula is C9H15N5O3. The molecule has 0 aliphatic carbocycles. The lowest BCUT2D eigenvalue weighted by Crippen LogP contribution is -2.42. The number of rotatable bonds is 7. The van der Waals surface area contributed by atoms with Crippen molar-refractivity contribution in [2.45, 2.75) is 25.4 Å². The Kier molecular flexibility index (Phi) is 5.08. The van der Waals surface area contributed by atoms with Gasteiger partial charge in [0.15, 0.2) is 0 Å². The first-order valence-corrected chi connectivity index (χ1v) is 5.19. The minimum absolute atomic E-state index is 0.113. The van der Waals surface area contributed by atoms with Crippen LogP contribution in [-0.4, -0.2) is 44.6 Å². The van der Waals surface area contributed by atoms with E-state index >= 15 is 0 Å². The maximum Gasteiger partial charge on any atom is 0.303 e. The first-order valence-electron chi connectivity index (χ1n) is 5.19. The lowest BCUT2D eigenvalue weighted by molar-refractivity contribution is -0.137. The van der Waals surface area contributed by atoms with Crippen LogP contribution in [0.4, 0.5) is 0 Å². The number of carbonyl (C=O) groups is 2. The average Bonchev–Trinajstić information content (AvgIpc) is 2.78. The van der Waals surface area contributed by atoms with Gasteiger partial charge in [-0.15, -0.1) is 5.10 Å². The van der Waals surface area contributed by atoms with Gasteiger partial charge in [0.25, 0.3) is 0 Å². The minimum Gasteiger partial charge on any atom is -0.481 e. The number of nitrogens with zero attached hydrogens (tertiary/aromatic N) is 3. The van der Waals surface area contributed by atoms with Gasteiger partial charge in [0.1, 0.15) is 0 Å². The van der Waals surface area contributed by atoms with Gasteiger partial charge >= 0.3 is 5.97 Å². The highest BCUT2D eigenvalue weighted by Gasteiger charge is 2.13. The molecule has 0 spiro atoms. The van der Waals surface area contributed by atoms with E-state index in [1.54, 1.807) is 17.1 Å². The molecule has 0 radical (unpaired) electrons. The molecule has 1 aromatic heterocycles. The van der Waals surface area contributed by atoms with Crippen LogP contribution in [0, 0.1) is 0 Å². The van der Waals surface area contributed by atoms with Crippen LogP contribution >= 0.6 is 0 Å². The van der Waals surface area contributed by atoms with Crippen molar-refractivity contribution in [3.05, 3.63) is 12.4 Å². The highest BCUT2D eigenvalue weighted by molar-refractivity contribution is 5.82. The number of hydrogen-bond acceptors (Lipinski definition) is 5. The van der Waals surface area contributed by atoms with Crippen molar-refractivity contribution in [1.82, 2.24) is 20.3 Å². The summed E-state index contributed by atoms with van der Waals surface area (Å²) in [6, 6.07) is -0.790. The van der Waals surface area contributed by atoms with Crippen LogP contribution in [0.2, 0.25) is 0 Å². The lowest BCUT2D eigenvalue weighted by atomic mass is 10.1. The minimum atomic E-state index is -0.962. The third-order valence-corrected chi connectivity index (χ3v) is 2.12. The van der Waals surface area contributed by atoms with Crippen LogP contribution in [0.3, 0.4) is 0 Å². The smallest absolute Gasteiger partial charge is 0.303 e. The van der Waals surface area contributed by atoms with Crippen molar-refractivity contribution in [1.29, 1.82) is 0 Å². The fourth-order valence-corrected chi connectivity index (χ4v) is 1.19. The molecule has 0 aliphatic rings. The Bertz CT molecular complexity index is 365. The second-order valence-electron chi connectivity index (χ2n) is 3.50. The van der Waals surface area contributed by atoms with Crippen LogP contribution in [-0.2, 0) is 16.1 Å². The molecule has 8 heteroatoms. The van der Waals surface area contributed by atoms with E-state index in [9.17, 15) is 9.59 Å². The van der Waals surface area contributed by atoms with Gasteiger partial charge in [0, 0.05) is 19.2 Å².